The van der Waals surface area contributed by atoms with E-state index in [1.165, 1.54) is 18.2 Å². The van der Waals surface area contributed by atoms with Crippen LogP contribution in [-0.4, -0.2) is 22.1 Å². The van der Waals surface area contributed by atoms with Gasteiger partial charge in [-0.25, -0.2) is 4.79 Å². The highest BCUT2D eigenvalue weighted by atomic mass is 16.4. The summed E-state index contributed by atoms with van der Waals surface area (Å²) in [5, 5.41) is 20.9. The molecule has 0 heterocycles. The number of hydrogen-bond acceptors (Lipinski definition) is 3. The van der Waals surface area contributed by atoms with Gasteiger partial charge in [-0.2, -0.15) is 0 Å². The van der Waals surface area contributed by atoms with Gasteiger partial charge in [0.2, 0.25) is 5.91 Å². The smallest absolute Gasteiger partial charge is 0.339 e. The van der Waals surface area contributed by atoms with Gasteiger partial charge in [0.05, 0.1) is 0 Å². The zero-order valence-corrected chi connectivity index (χ0v) is 10.4. The first-order chi connectivity index (χ1) is 8.49. The SMILES string of the molecule is CCC(CC)C(=O)Nc1ccc(C(=O)O)c(O)c1. The van der Waals surface area contributed by atoms with Gasteiger partial charge < -0.3 is 15.5 Å². The maximum Gasteiger partial charge on any atom is 0.339 e. The Morgan fingerprint density at radius 1 is 1.28 bits per heavy atom. The lowest BCUT2D eigenvalue weighted by molar-refractivity contribution is -0.120. The normalized spacial score (nSPS) is 10.4. The Labute approximate surface area is 105 Å². The average molecular weight is 251 g/mol. The molecule has 0 unspecified atom stereocenters. The molecule has 0 aliphatic rings. The molecule has 0 aromatic heterocycles. The lowest BCUT2D eigenvalue weighted by Crippen LogP contribution is -2.21. The summed E-state index contributed by atoms with van der Waals surface area (Å²) >= 11 is 0. The first-order valence-corrected chi connectivity index (χ1v) is 5.86. The summed E-state index contributed by atoms with van der Waals surface area (Å²) in [6, 6.07) is 3.97. The van der Waals surface area contributed by atoms with Crippen molar-refractivity contribution in [3.63, 3.8) is 0 Å². The number of aromatic hydroxyl groups is 1. The molecular weight excluding hydrogens is 234 g/mol. The fourth-order valence-electron chi connectivity index (χ4n) is 1.69. The zero-order chi connectivity index (χ0) is 13.7. The Hall–Kier alpha value is -2.04. The van der Waals surface area contributed by atoms with Crippen molar-refractivity contribution < 1.29 is 19.8 Å². The van der Waals surface area contributed by atoms with Crippen LogP contribution in [0.5, 0.6) is 5.75 Å². The van der Waals surface area contributed by atoms with E-state index in [0.717, 1.165) is 12.8 Å². The first-order valence-electron chi connectivity index (χ1n) is 5.86. The standard InChI is InChI=1S/C13H17NO4/c1-3-8(4-2)12(16)14-9-5-6-10(13(17)18)11(15)7-9/h5-8,15H,3-4H2,1-2H3,(H,14,16)(H,17,18). The minimum atomic E-state index is -1.20. The molecule has 18 heavy (non-hydrogen) atoms. The first kappa shape index (κ1) is 14.0. The van der Waals surface area contributed by atoms with Crippen LogP contribution in [0.15, 0.2) is 18.2 Å². The van der Waals surface area contributed by atoms with Gasteiger partial charge >= 0.3 is 5.97 Å². The quantitative estimate of drug-likeness (QED) is 0.750. The molecule has 98 valence electrons. The summed E-state index contributed by atoms with van der Waals surface area (Å²) in [7, 11) is 0. The van der Waals surface area contributed by atoms with E-state index in [4.69, 9.17) is 5.11 Å². The number of nitrogens with one attached hydrogen (secondary N) is 1. The van der Waals surface area contributed by atoms with E-state index in [1.807, 2.05) is 13.8 Å². The molecule has 0 spiro atoms. The molecule has 5 nitrogen and oxygen atoms in total. The van der Waals surface area contributed by atoms with E-state index < -0.39 is 5.97 Å². The largest absolute Gasteiger partial charge is 0.507 e. The van der Waals surface area contributed by atoms with Crippen LogP contribution in [0, 0.1) is 5.92 Å². The number of carbonyl (C=O) groups excluding carboxylic acids is 1. The van der Waals surface area contributed by atoms with Gasteiger partial charge in [0.1, 0.15) is 11.3 Å². The Morgan fingerprint density at radius 2 is 1.89 bits per heavy atom. The molecule has 1 aromatic carbocycles. The Balaban J connectivity index is 2.83. The van der Waals surface area contributed by atoms with Crippen LogP contribution >= 0.6 is 0 Å². The van der Waals surface area contributed by atoms with Crippen LogP contribution in [0.4, 0.5) is 5.69 Å². The predicted octanol–water partition coefficient (Wildman–Crippen LogP) is 2.47. The van der Waals surface area contributed by atoms with E-state index in [2.05, 4.69) is 5.32 Å². The maximum atomic E-state index is 11.8. The van der Waals surface area contributed by atoms with Gasteiger partial charge in [0, 0.05) is 17.7 Å². The number of carboxylic acid groups (broad SMARTS) is 1. The van der Waals surface area contributed by atoms with Crippen molar-refractivity contribution in [2.75, 3.05) is 5.32 Å². The molecule has 0 aliphatic heterocycles. The third-order valence-electron chi connectivity index (χ3n) is 2.85. The van der Waals surface area contributed by atoms with E-state index in [-0.39, 0.29) is 23.1 Å². The second-order valence-electron chi connectivity index (χ2n) is 4.04. The number of amides is 1. The Bertz CT molecular complexity index is 452. The van der Waals surface area contributed by atoms with Crippen molar-refractivity contribution in [3.05, 3.63) is 23.8 Å². The van der Waals surface area contributed by atoms with Crippen LogP contribution in [0.2, 0.25) is 0 Å². The molecule has 0 saturated heterocycles. The molecule has 1 rings (SSSR count). The van der Waals surface area contributed by atoms with Crippen molar-refractivity contribution in [2.45, 2.75) is 26.7 Å². The van der Waals surface area contributed by atoms with Gasteiger partial charge in [-0.3, -0.25) is 4.79 Å². The number of anilines is 1. The van der Waals surface area contributed by atoms with E-state index in [9.17, 15) is 14.7 Å². The highest BCUT2D eigenvalue weighted by Crippen LogP contribution is 2.22. The fourth-order valence-corrected chi connectivity index (χ4v) is 1.69. The monoisotopic (exact) mass is 251 g/mol. The highest BCUT2D eigenvalue weighted by molar-refractivity contribution is 5.95. The molecule has 1 amide bonds. The number of carbonyl (C=O) groups is 2. The van der Waals surface area contributed by atoms with Gasteiger partial charge in [0.15, 0.2) is 0 Å². The molecule has 0 bridgehead atoms. The third-order valence-corrected chi connectivity index (χ3v) is 2.85. The summed E-state index contributed by atoms with van der Waals surface area (Å²) < 4.78 is 0. The summed E-state index contributed by atoms with van der Waals surface area (Å²) in [5.74, 6) is -1.76. The van der Waals surface area contributed by atoms with Gasteiger partial charge in [-0.1, -0.05) is 13.8 Å². The second kappa shape index (κ2) is 6.05. The molecule has 0 saturated carbocycles. The van der Waals surface area contributed by atoms with Gasteiger partial charge in [-0.15, -0.1) is 0 Å². The molecule has 1 aromatic rings. The summed E-state index contributed by atoms with van der Waals surface area (Å²) in [6.07, 6.45) is 1.48. The van der Waals surface area contributed by atoms with E-state index in [0.29, 0.717) is 5.69 Å². The molecule has 0 atom stereocenters. The minimum Gasteiger partial charge on any atom is -0.507 e. The lowest BCUT2D eigenvalue weighted by Gasteiger charge is -2.13. The molecule has 0 fully saturated rings. The van der Waals surface area contributed by atoms with Crippen molar-refractivity contribution in [1.29, 1.82) is 0 Å². The van der Waals surface area contributed by atoms with Crippen LogP contribution in [-0.2, 0) is 4.79 Å². The van der Waals surface area contributed by atoms with E-state index >= 15 is 0 Å². The molecule has 5 heteroatoms. The van der Waals surface area contributed by atoms with Crippen molar-refractivity contribution in [1.82, 2.24) is 0 Å². The predicted molar refractivity (Wildman–Crippen MR) is 67.8 cm³/mol. The number of aromatic carboxylic acids is 1. The van der Waals surface area contributed by atoms with Crippen LogP contribution < -0.4 is 5.32 Å². The summed E-state index contributed by atoms with van der Waals surface area (Å²) in [6.45, 7) is 3.86. The average Bonchev–Trinajstić information content (AvgIpc) is 2.30. The Morgan fingerprint density at radius 3 is 2.33 bits per heavy atom. The van der Waals surface area contributed by atoms with Gasteiger partial charge in [-0.05, 0) is 25.0 Å². The number of carboxylic acids is 1. The minimum absolute atomic E-state index is 0.0775. The number of benzene rings is 1. The fraction of sp³-hybridized carbons (Fsp3) is 0.385. The zero-order valence-electron chi connectivity index (χ0n) is 10.4. The van der Waals surface area contributed by atoms with Crippen LogP contribution in [0.3, 0.4) is 0 Å². The second-order valence-corrected chi connectivity index (χ2v) is 4.04. The molecule has 0 radical (unpaired) electrons. The van der Waals surface area contributed by atoms with Crippen molar-refractivity contribution in [3.8, 4) is 5.75 Å². The number of phenols is 1. The maximum absolute atomic E-state index is 11.8. The topological polar surface area (TPSA) is 86.6 Å². The highest BCUT2D eigenvalue weighted by Gasteiger charge is 2.15. The van der Waals surface area contributed by atoms with Crippen molar-refractivity contribution >= 4 is 17.6 Å². The molecular formula is C13H17NO4. The van der Waals surface area contributed by atoms with Crippen LogP contribution in [0.1, 0.15) is 37.0 Å². The number of hydrogen-bond donors (Lipinski definition) is 3. The lowest BCUT2D eigenvalue weighted by atomic mass is 10.0. The third kappa shape index (κ3) is 3.23. The summed E-state index contributed by atoms with van der Waals surface area (Å²) in [4.78, 5) is 22.5. The van der Waals surface area contributed by atoms with Gasteiger partial charge in [0.25, 0.3) is 0 Å². The molecule has 0 aliphatic carbocycles. The molecule has 3 N–H and O–H groups in total. The van der Waals surface area contributed by atoms with Crippen molar-refractivity contribution in [2.24, 2.45) is 5.92 Å². The number of rotatable bonds is 5. The van der Waals surface area contributed by atoms with Crippen LogP contribution in [0.25, 0.3) is 0 Å². The Kier molecular flexibility index (Phi) is 4.71. The van der Waals surface area contributed by atoms with E-state index in [1.54, 1.807) is 0 Å². The summed E-state index contributed by atoms with van der Waals surface area (Å²) in [5.41, 5.74) is 0.213.